The summed E-state index contributed by atoms with van der Waals surface area (Å²) in [4.78, 5) is 0. The minimum atomic E-state index is 0.585. The van der Waals surface area contributed by atoms with E-state index in [2.05, 4.69) is 23.3 Å². The second-order valence-corrected chi connectivity index (χ2v) is 6.65. The second kappa shape index (κ2) is 5.58. The van der Waals surface area contributed by atoms with Crippen molar-refractivity contribution in [2.45, 2.75) is 56.1 Å². The van der Waals surface area contributed by atoms with E-state index in [0.717, 1.165) is 5.92 Å². The van der Waals surface area contributed by atoms with Gasteiger partial charge in [-0.05, 0) is 44.4 Å². The van der Waals surface area contributed by atoms with E-state index in [-0.39, 0.29) is 0 Å². The molecule has 0 aromatic heterocycles. The number of thioether (sulfide) groups is 1. The molecule has 0 atom stereocenters. The molecule has 0 amide bonds. The van der Waals surface area contributed by atoms with Crippen LogP contribution in [0.5, 0.6) is 0 Å². The Morgan fingerprint density at radius 3 is 2.40 bits per heavy atom. The Balaban J connectivity index is 1.69. The highest BCUT2D eigenvalue weighted by Crippen LogP contribution is 2.38. The first kappa shape index (κ1) is 11.8. The van der Waals surface area contributed by atoms with Crippen molar-refractivity contribution in [1.29, 1.82) is 0 Å². The lowest BCUT2D eigenvalue weighted by molar-refractivity contribution is 0.288. The van der Waals surface area contributed by atoms with E-state index in [0.29, 0.717) is 4.75 Å². The first-order valence-corrected chi connectivity index (χ1v) is 7.83. The summed E-state index contributed by atoms with van der Waals surface area (Å²) in [6.07, 6.45) is 14.0. The van der Waals surface area contributed by atoms with E-state index in [9.17, 15) is 0 Å². The molecular weight excluding hydrogens is 202 g/mol. The van der Waals surface area contributed by atoms with Crippen LogP contribution >= 0.6 is 11.8 Å². The van der Waals surface area contributed by atoms with Gasteiger partial charge >= 0.3 is 0 Å². The minimum absolute atomic E-state index is 0.585. The Labute approximate surface area is 98.8 Å². The molecule has 0 saturated heterocycles. The van der Waals surface area contributed by atoms with Crippen LogP contribution in [0.1, 0.15) is 51.4 Å². The van der Waals surface area contributed by atoms with Crippen LogP contribution in [0.4, 0.5) is 0 Å². The molecular formula is C13H25NS. The Morgan fingerprint density at radius 1 is 1.13 bits per heavy atom. The summed E-state index contributed by atoms with van der Waals surface area (Å²) in [5.74, 6) is 1.01. The smallest absolute Gasteiger partial charge is 0.0281 e. The van der Waals surface area contributed by atoms with Gasteiger partial charge in [0.2, 0.25) is 0 Å². The van der Waals surface area contributed by atoms with Crippen LogP contribution in [0, 0.1) is 5.92 Å². The van der Waals surface area contributed by atoms with Crippen LogP contribution in [0.15, 0.2) is 0 Å². The molecule has 0 heterocycles. The summed E-state index contributed by atoms with van der Waals surface area (Å²) in [7, 11) is 0. The van der Waals surface area contributed by atoms with E-state index in [1.54, 1.807) is 0 Å². The van der Waals surface area contributed by atoms with Crippen LogP contribution in [0.2, 0.25) is 0 Å². The van der Waals surface area contributed by atoms with E-state index in [1.165, 1.54) is 64.5 Å². The molecule has 0 unspecified atom stereocenters. The molecule has 0 aromatic rings. The van der Waals surface area contributed by atoms with Crippen LogP contribution in [-0.2, 0) is 0 Å². The molecule has 2 aliphatic carbocycles. The predicted octanol–water partition coefficient (Wildman–Crippen LogP) is 3.44. The normalized spacial score (nSPS) is 26.2. The van der Waals surface area contributed by atoms with Gasteiger partial charge in [-0.3, -0.25) is 0 Å². The minimum Gasteiger partial charge on any atom is -0.315 e. The van der Waals surface area contributed by atoms with Crippen LogP contribution in [0.3, 0.4) is 0 Å². The standard InChI is InChI=1S/C13H25NS/c1-15-13(8-3-2-4-9-13)11-14-10-12-6-5-7-12/h12,14H,2-11H2,1H3. The summed E-state index contributed by atoms with van der Waals surface area (Å²) in [6.45, 7) is 2.53. The number of nitrogens with one attached hydrogen (secondary N) is 1. The molecule has 15 heavy (non-hydrogen) atoms. The third-order valence-electron chi connectivity index (χ3n) is 4.30. The number of rotatable bonds is 5. The quantitative estimate of drug-likeness (QED) is 0.772. The average molecular weight is 227 g/mol. The van der Waals surface area contributed by atoms with Gasteiger partial charge in [0.05, 0.1) is 0 Å². The molecule has 1 nitrogen and oxygen atoms in total. The summed E-state index contributed by atoms with van der Waals surface area (Å²) in [6, 6.07) is 0. The zero-order valence-electron chi connectivity index (χ0n) is 10.1. The zero-order chi connectivity index (χ0) is 10.6. The Morgan fingerprint density at radius 2 is 1.87 bits per heavy atom. The van der Waals surface area contributed by atoms with Gasteiger partial charge in [0.15, 0.2) is 0 Å². The second-order valence-electron chi connectivity index (χ2n) is 5.38. The van der Waals surface area contributed by atoms with Crippen molar-refractivity contribution in [2.24, 2.45) is 5.92 Å². The highest BCUT2D eigenvalue weighted by molar-refractivity contribution is 8.00. The van der Waals surface area contributed by atoms with Gasteiger partial charge in [0, 0.05) is 11.3 Å². The van der Waals surface area contributed by atoms with E-state index in [1.807, 2.05) is 0 Å². The molecule has 2 rings (SSSR count). The molecule has 0 radical (unpaired) electrons. The Kier molecular flexibility index (Phi) is 4.39. The maximum Gasteiger partial charge on any atom is 0.0281 e. The fourth-order valence-electron chi connectivity index (χ4n) is 2.85. The summed E-state index contributed by atoms with van der Waals surface area (Å²) in [5, 5.41) is 3.73. The molecule has 0 aliphatic heterocycles. The molecule has 2 fully saturated rings. The molecule has 88 valence electrons. The van der Waals surface area contributed by atoms with E-state index in [4.69, 9.17) is 0 Å². The first-order chi connectivity index (χ1) is 7.35. The topological polar surface area (TPSA) is 12.0 Å². The van der Waals surface area contributed by atoms with E-state index >= 15 is 0 Å². The Bertz CT molecular complexity index is 183. The lowest BCUT2D eigenvalue weighted by Crippen LogP contribution is -2.41. The molecule has 2 saturated carbocycles. The fraction of sp³-hybridized carbons (Fsp3) is 1.00. The molecule has 2 aliphatic rings. The van der Waals surface area contributed by atoms with Gasteiger partial charge in [0.1, 0.15) is 0 Å². The average Bonchev–Trinajstić information content (AvgIpc) is 2.23. The SMILES string of the molecule is CSC1(CNCC2CCC2)CCCCC1. The van der Waals surface area contributed by atoms with Crippen molar-refractivity contribution in [1.82, 2.24) is 5.32 Å². The largest absolute Gasteiger partial charge is 0.315 e. The predicted molar refractivity (Wildman–Crippen MR) is 69.5 cm³/mol. The van der Waals surface area contributed by atoms with Crippen molar-refractivity contribution in [3.63, 3.8) is 0 Å². The van der Waals surface area contributed by atoms with Gasteiger partial charge in [-0.25, -0.2) is 0 Å². The monoisotopic (exact) mass is 227 g/mol. The lowest BCUT2D eigenvalue weighted by Gasteiger charge is -2.37. The van der Waals surface area contributed by atoms with Crippen molar-refractivity contribution in [2.75, 3.05) is 19.3 Å². The fourth-order valence-corrected chi connectivity index (χ4v) is 3.79. The summed E-state index contributed by atoms with van der Waals surface area (Å²) < 4.78 is 0.585. The van der Waals surface area contributed by atoms with Gasteiger partial charge in [-0.15, -0.1) is 0 Å². The van der Waals surface area contributed by atoms with Crippen LogP contribution in [-0.4, -0.2) is 24.1 Å². The summed E-state index contributed by atoms with van der Waals surface area (Å²) in [5.41, 5.74) is 0. The van der Waals surface area contributed by atoms with Crippen molar-refractivity contribution in [3.8, 4) is 0 Å². The van der Waals surface area contributed by atoms with Gasteiger partial charge in [0.25, 0.3) is 0 Å². The van der Waals surface area contributed by atoms with Crippen LogP contribution in [0.25, 0.3) is 0 Å². The number of hydrogen-bond donors (Lipinski definition) is 1. The maximum absolute atomic E-state index is 3.73. The van der Waals surface area contributed by atoms with Crippen molar-refractivity contribution >= 4 is 11.8 Å². The van der Waals surface area contributed by atoms with Gasteiger partial charge < -0.3 is 5.32 Å². The zero-order valence-corrected chi connectivity index (χ0v) is 10.9. The molecule has 0 spiro atoms. The lowest BCUT2D eigenvalue weighted by atomic mass is 9.84. The van der Waals surface area contributed by atoms with Crippen molar-refractivity contribution in [3.05, 3.63) is 0 Å². The van der Waals surface area contributed by atoms with E-state index < -0.39 is 0 Å². The third-order valence-corrected chi connectivity index (χ3v) is 5.72. The maximum atomic E-state index is 3.73. The first-order valence-electron chi connectivity index (χ1n) is 6.60. The van der Waals surface area contributed by atoms with Crippen molar-refractivity contribution < 1.29 is 0 Å². The molecule has 0 aromatic carbocycles. The van der Waals surface area contributed by atoms with Crippen LogP contribution < -0.4 is 5.32 Å². The molecule has 2 heteroatoms. The third kappa shape index (κ3) is 3.13. The summed E-state index contributed by atoms with van der Waals surface area (Å²) >= 11 is 2.11. The highest BCUT2D eigenvalue weighted by atomic mass is 32.2. The van der Waals surface area contributed by atoms with Gasteiger partial charge in [-0.1, -0.05) is 25.7 Å². The number of hydrogen-bond acceptors (Lipinski definition) is 2. The molecule has 1 N–H and O–H groups in total. The highest BCUT2D eigenvalue weighted by Gasteiger charge is 2.31. The molecule has 0 bridgehead atoms. The van der Waals surface area contributed by atoms with Gasteiger partial charge in [-0.2, -0.15) is 11.8 Å². The Hall–Kier alpha value is 0.310.